The molecule has 1 unspecified atom stereocenters. The summed E-state index contributed by atoms with van der Waals surface area (Å²) in [4.78, 5) is 30.0. The molecule has 0 radical (unpaired) electrons. The van der Waals surface area contributed by atoms with E-state index in [1.54, 1.807) is 11.9 Å². The number of likely N-dealkylation sites (N-methyl/N-ethyl adjacent to an activating group) is 1. The van der Waals surface area contributed by atoms with Crippen LogP contribution in [0.2, 0.25) is 0 Å². The van der Waals surface area contributed by atoms with Gasteiger partial charge in [-0.15, -0.1) is 0 Å². The Morgan fingerprint density at radius 1 is 1.32 bits per heavy atom. The molecule has 1 amide bonds. The highest BCUT2D eigenvalue weighted by Gasteiger charge is 2.30. The van der Waals surface area contributed by atoms with Crippen LogP contribution in [-0.2, 0) is 11.2 Å². The van der Waals surface area contributed by atoms with Gasteiger partial charge in [0.05, 0.1) is 17.2 Å². The second-order valence-electron chi connectivity index (χ2n) is 6.43. The molecule has 2 aliphatic rings. The summed E-state index contributed by atoms with van der Waals surface area (Å²) in [5, 5.41) is 0. The Labute approximate surface area is 131 Å². The summed E-state index contributed by atoms with van der Waals surface area (Å²) in [6.07, 6.45) is 5.64. The molecular weight excluding hydrogens is 280 g/mol. The minimum atomic E-state index is -0.0700. The molecule has 0 aromatic carbocycles. The van der Waals surface area contributed by atoms with E-state index in [0.29, 0.717) is 24.1 Å². The van der Waals surface area contributed by atoms with E-state index in [-0.39, 0.29) is 17.8 Å². The van der Waals surface area contributed by atoms with Gasteiger partial charge < -0.3 is 14.6 Å². The van der Waals surface area contributed by atoms with E-state index in [1.807, 2.05) is 6.92 Å². The molecule has 1 aromatic rings. The molecule has 1 aromatic heterocycles. The molecule has 0 spiro atoms. The minimum absolute atomic E-state index is 0.0700. The van der Waals surface area contributed by atoms with Gasteiger partial charge >= 0.3 is 0 Å². The van der Waals surface area contributed by atoms with Crippen molar-refractivity contribution in [2.75, 3.05) is 20.2 Å². The van der Waals surface area contributed by atoms with Gasteiger partial charge in [0.2, 0.25) is 0 Å². The van der Waals surface area contributed by atoms with Crippen LogP contribution in [-0.4, -0.2) is 47.9 Å². The Kier molecular flexibility index (Phi) is 4.34. The van der Waals surface area contributed by atoms with E-state index in [1.165, 1.54) is 0 Å². The number of fused-ring (bicyclic) bond motifs is 1. The van der Waals surface area contributed by atoms with Gasteiger partial charge in [0.15, 0.2) is 5.78 Å². The number of ether oxygens (including phenoxy) is 1. The predicted octanol–water partition coefficient (Wildman–Crippen LogP) is 2.48. The molecule has 3 rings (SSSR count). The second kappa shape index (κ2) is 6.24. The first-order valence-corrected chi connectivity index (χ1v) is 8.19. The highest BCUT2D eigenvalue weighted by atomic mass is 16.5. The van der Waals surface area contributed by atoms with Crippen molar-refractivity contribution in [3.8, 4) is 0 Å². The molecule has 120 valence electrons. The van der Waals surface area contributed by atoms with E-state index in [0.717, 1.165) is 50.1 Å². The van der Waals surface area contributed by atoms with Gasteiger partial charge in [-0.25, -0.2) is 0 Å². The fourth-order valence-corrected chi connectivity index (χ4v) is 3.53. The highest BCUT2D eigenvalue weighted by molar-refractivity contribution is 6.10. The monoisotopic (exact) mass is 304 g/mol. The van der Waals surface area contributed by atoms with Gasteiger partial charge in [-0.05, 0) is 39.0 Å². The van der Waals surface area contributed by atoms with Crippen LogP contribution >= 0.6 is 0 Å². The molecular formula is C17H24N2O3. The van der Waals surface area contributed by atoms with Crippen molar-refractivity contribution < 1.29 is 14.3 Å². The van der Waals surface area contributed by atoms with E-state index < -0.39 is 0 Å². The first kappa shape index (κ1) is 15.3. The fourth-order valence-electron chi connectivity index (χ4n) is 3.53. The molecule has 1 aliphatic heterocycles. The summed E-state index contributed by atoms with van der Waals surface area (Å²) in [6, 6.07) is 0. The molecule has 0 bridgehead atoms. The Morgan fingerprint density at radius 3 is 2.86 bits per heavy atom. The number of Topliss-reactive ketones (excluding diaryl/α,β-unsaturated/α-hetero) is 1. The number of carbonyl (C=O) groups is 2. The van der Waals surface area contributed by atoms with Crippen LogP contribution < -0.4 is 0 Å². The van der Waals surface area contributed by atoms with Crippen LogP contribution in [0, 0.1) is 6.92 Å². The topological polar surface area (TPSA) is 62.4 Å². The molecule has 5 nitrogen and oxygen atoms in total. The number of nitrogens with zero attached hydrogens (tertiary/aromatic N) is 1. The summed E-state index contributed by atoms with van der Waals surface area (Å²) < 4.78 is 5.71. The van der Waals surface area contributed by atoms with Crippen LogP contribution in [0.1, 0.15) is 64.2 Å². The SMILES string of the molecule is Cc1[nH]c2c(c1C(=O)N(C)CC1CCCCO1)C(=O)CCC2. The Bertz CT molecular complexity index is 585. The molecule has 1 atom stereocenters. The van der Waals surface area contributed by atoms with Crippen molar-refractivity contribution in [3.63, 3.8) is 0 Å². The molecule has 1 aliphatic carbocycles. The van der Waals surface area contributed by atoms with E-state index >= 15 is 0 Å². The van der Waals surface area contributed by atoms with Crippen LogP contribution in [0.15, 0.2) is 0 Å². The van der Waals surface area contributed by atoms with E-state index in [4.69, 9.17) is 4.74 Å². The number of hydrogen-bond donors (Lipinski definition) is 1. The van der Waals surface area contributed by atoms with Crippen molar-refractivity contribution in [2.24, 2.45) is 0 Å². The Hall–Kier alpha value is -1.62. The number of hydrogen-bond acceptors (Lipinski definition) is 3. The number of aromatic nitrogens is 1. The average Bonchev–Trinajstić information content (AvgIpc) is 2.85. The van der Waals surface area contributed by atoms with Crippen molar-refractivity contribution in [3.05, 3.63) is 22.5 Å². The standard InChI is InChI=1S/C17H24N2O3/c1-11-15(16-13(18-11)7-5-8-14(16)20)17(21)19(2)10-12-6-3-4-9-22-12/h12,18H,3-10H2,1-2H3. The van der Waals surface area contributed by atoms with Gasteiger partial charge in [-0.1, -0.05) is 0 Å². The molecule has 22 heavy (non-hydrogen) atoms. The van der Waals surface area contributed by atoms with Gasteiger partial charge in [-0.2, -0.15) is 0 Å². The fraction of sp³-hybridized carbons (Fsp3) is 0.647. The highest BCUT2D eigenvalue weighted by Crippen LogP contribution is 2.28. The van der Waals surface area contributed by atoms with E-state index in [9.17, 15) is 9.59 Å². The maximum Gasteiger partial charge on any atom is 0.256 e. The van der Waals surface area contributed by atoms with Gasteiger partial charge in [0, 0.05) is 38.0 Å². The lowest BCUT2D eigenvalue weighted by Gasteiger charge is -2.27. The van der Waals surface area contributed by atoms with Crippen LogP contribution in [0.25, 0.3) is 0 Å². The molecule has 1 N–H and O–H groups in total. The smallest absolute Gasteiger partial charge is 0.256 e. The maximum absolute atomic E-state index is 12.8. The number of amides is 1. The van der Waals surface area contributed by atoms with Crippen LogP contribution in [0.3, 0.4) is 0 Å². The normalized spacial score (nSPS) is 21.5. The third kappa shape index (κ3) is 2.82. The first-order valence-electron chi connectivity index (χ1n) is 8.19. The number of ketones is 1. The summed E-state index contributed by atoms with van der Waals surface area (Å²) in [5.41, 5.74) is 2.93. The zero-order valence-corrected chi connectivity index (χ0v) is 13.4. The number of carbonyl (C=O) groups excluding carboxylic acids is 2. The Balaban J connectivity index is 1.79. The quantitative estimate of drug-likeness (QED) is 0.933. The first-order chi connectivity index (χ1) is 10.6. The van der Waals surface area contributed by atoms with Gasteiger partial charge in [-0.3, -0.25) is 9.59 Å². The summed E-state index contributed by atoms with van der Waals surface area (Å²) in [7, 11) is 1.80. The van der Waals surface area contributed by atoms with Crippen LogP contribution in [0.4, 0.5) is 0 Å². The zero-order chi connectivity index (χ0) is 15.7. The summed E-state index contributed by atoms with van der Waals surface area (Å²) in [6.45, 7) is 3.25. The number of nitrogens with one attached hydrogen (secondary N) is 1. The average molecular weight is 304 g/mol. The van der Waals surface area contributed by atoms with Crippen molar-refractivity contribution in [2.45, 2.75) is 51.6 Å². The Morgan fingerprint density at radius 2 is 2.14 bits per heavy atom. The summed E-state index contributed by atoms with van der Waals surface area (Å²) in [5.74, 6) is 0.0238. The lowest BCUT2D eigenvalue weighted by Crippen LogP contribution is -2.37. The largest absolute Gasteiger partial charge is 0.376 e. The van der Waals surface area contributed by atoms with Gasteiger partial charge in [0.1, 0.15) is 0 Å². The lowest BCUT2D eigenvalue weighted by molar-refractivity contribution is -0.000215. The second-order valence-corrected chi connectivity index (χ2v) is 6.43. The minimum Gasteiger partial charge on any atom is -0.376 e. The number of aromatic amines is 1. The third-order valence-electron chi connectivity index (χ3n) is 4.69. The maximum atomic E-state index is 12.8. The predicted molar refractivity (Wildman–Crippen MR) is 83.3 cm³/mol. The van der Waals surface area contributed by atoms with E-state index in [2.05, 4.69) is 4.98 Å². The molecule has 1 fully saturated rings. The molecule has 1 saturated heterocycles. The molecule has 5 heteroatoms. The van der Waals surface area contributed by atoms with Gasteiger partial charge in [0.25, 0.3) is 5.91 Å². The molecule has 0 saturated carbocycles. The lowest BCUT2D eigenvalue weighted by atomic mass is 9.92. The zero-order valence-electron chi connectivity index (χ0n) is 13.4. The molecule has 2 heterocycles. The summed E-state index contributed by atoms with van der Waals surface area (Å²) >= 11 is 0. The van der Waals surface area contributed by atoms with Crippen molar-refractivity contribution >= 4 is 11.7 Å². The number of aryl methyl sites for hydroxylation is 2. The third-order valence-corrected chi connectivity index (χ3v) is 4.69. The van der Waals surface area contributed by atoms with Crippen molar-refractivity contribution in [1.29, 1.82) is 0 Å². The van der Waals surface area contributed by atoms with Crippen LogP contribution in [0.5, 0.6) is 0 Å². The number of rotatable bonds is 3. The number of H-pyrrole nitrogens is 1. The van der Waals surface area contributed by atoms with Crippen molar-refractivity contribution in [1.82, 2.24) is 9.88 Å².